The minimum absolute atomic E-state index is 0.836. The third-order valence-electron chi connectivity index (χ3n) is 3.59. The fraction of sp³-hybridized carbons (Fsp3) is 0.167. The lowest BCUT2D eigenvalue weighted by Crippen LogP contribution is -2.07. The van der Waals surface area contributed by atoms with Gasteiger partial charge in [-0.2, -0.15) is 5.11 Å². The highest BCUT2D eigenvalue weighted by Gasteiger charge is 2.03. The number of nitrogens with zero attached hydrogens (tertiary/aromatic N) is 4. The highest BCUT2D eigenvalue weighted by atomic mass is 15.1. The standard InChI is InChI=1S/C18H18N4/c1-13-6-11-17(16-5-4-12-19-18(13)16)21-20-14-7-9-15(10-8-14)22(2)3/h4-12H,1-3H3. The Labute approximate surface area is 130 Å². The third kappa shape index (κ3) is 2.81. The summed E-state index contributed by atoms with van der Waals surface area (Å²) in [5.74, 6) is 0. The van der Waals surface area contributed by atoms with Crippen molar-refractivity contribution in [1.82, 2.24) is 4.98 Å². The van der Waals surface area contributed by atoms with Crippen molar-refractivity contribution in [3.8, 4) is 0 Å². The Hall–Kier alpha value is -2.75. The first-order valence-electron chi connectivity index (χ1n) is 7.18. The van der Waals surface area contributed by atoms with Crippen LogP contribution < -0.4 is 4.90 Å². The molecular weight excluding hydrogens is 272 g/mol. The summed E-state index contributed by atoms with van der Waals surface area (Å²) < 4.78 is 0. The summed E-state index contributed by atoms with van der Waals surface area (Å²) in [6, 6.07) is 16.0. The molecule has 1 aromatic heterocycles. The maximum atomic E-state index is 4.42. The molecule has 0 saturated heterocycles. The Kier molecular flexibility index (Phi) is 3.83. The molecule has 0 fully saturated rings. The van der Waals surface area contributed by atoms with Gasteiger partial charge in [-0.3, -0.25) is 4.98 Å². The number of fused-ring (bicyclic) bond motifs is 1. The second kappa shape index (κ2) is 5.93. The Morgan fingerprint density at radius 3 is 2.41 bits per heavy atom. The summed E-state index contributed by atoms with van der Waals surface area (Å²) in [4.78, 5) is 6.48. The van der Waals surface area contributed by atoms with E-state index in [0.29, 0.717) is 0 Å². The van der Waals surface area contributed by atoms with Gasteiger partial charge < -0.3 is 4.90 Å². The highest BCUT2D eigenvalue weighted by Crippen LogP contribution is 2.28. The molecule has 3 aromatic rings. The lowest BCUT2D eigenvalue weighted by atomic mass is 10.1. The van der Waals surface area contributed by atoms with Gasteiger partial charge in [0.2, 0.25) is 0 Å². The molecule has 0 aliphatic rings. The van der Waals surface area contributed by atoms with Crippen LogP contribution in [0.3, 0.4) is 0 Å². The van der Waals surface area contributed by atoms with Crippen LogP contribution in [0, 0.1) is 6.92 Å². The average molecular weight is 290 g/mol. The van der Waals surface area contributed by atoms with Crippen molar-refractivity contribution in [2.45, 2.75) is 6.92 Å². The van der Waals surface area contributed by atoms with Gasteiger partial charge in [-0.15, -0.1) is 5.11 Å². The number of hydrogen-bond donors (Lipinski definition) is 0. The molecule has 2 aromatic carbocycles. The zero-order valence-electron chi connectivity index (χ0n) is 13.0. The van der Waals surface area contributed by atoms with Crippen molar-refractivity contribution in [3.05, 3.63) is 60.3 Å². The molecule has 1 heterocycles. The van der Waals surface area contributed by atoms with E-state index in [1.165, 1.54) is 0 Å². The van der Waals surface area contributed by atoms with E-state index < -0.39 is 0 Å². The summed E-state index contributed by atoms with van der Waals surface area (Å²) in [6.45, 7) is 2.05. The number of benzene rings is 2. The van der Waals surface area contributed by atoms with E-state index in [4.69, 9.17) is 0 Å². The zero-order chi connectivity index (χ0) is 15.5. The largest absolute Gasteiger partial charge is 0.378 e. The van der Waals surface area contributed by atoms with Crippen LogP contribution in [0.1, 0.15) is 5.56 Å². The van der Waals surface area contributed by atoms with Crippen LogP contribution in [0.4, 0.5) is 17.1 Å². The Bertz CT molecular complexity index is 820. The van der Waals surface area contributed by atoms with Crippen molar-refractivity contribution >= 4 is 28.0 Å². The SMILES string of the molecule is Cc1ccc(N=Nc2ccc(N(C)C)cc2)c2cccnc12. The summed E-state index contributed by atoms with van der Waals surface area (Å²) in [5, 5.41) is 9.75. The van der Waals surface area contributed by atoms with Crippen molar-refractivity contribution in [1.29, 1.82) is 0 Å². The lowest BCUT2D eigenvalue weighted by Gasteiger charge is -2.11. The van der Waals surface area contributed by atoms with Gasteiger partial charge in [-0.05, 0) is 55.0 Å². The maximum absolute atomic E-state index is 4.42. The molecule has 0 unspecified atom stereocenters. The van der Waals surface area contributed by atoms with Crippen molar-refractivity contribution in [2.24, 2.45) is 10.2 Å². The predicted octanol–water partition coefficient (Wildman–Crippen LogP) is 5.02. The molecule has 0 aliphatic heterocycles. The molecular formula is C18H18N4. The molecule has 0 spiro atoms. The summed E-state index contributed by atoms with van der Waals surface area (Å²) in [5.41, 5.74) is 4.93. The molecule has 0 radical (unpaired) electrons. The molecule has 0 amide bonds. The van der Waals surface area contributed by atoms with Gasteiger partial charge in [0.25, 0.3) is 0 Å². The first kappa shape index (κ1) is 14.2. The van der Waals surface area contributed by atoms with E-state index in [0.717, 1.165) is 33.5 Å². The molecule has 3 rings (SSSR count). The number of aryl methyl sites for hydroxylation is 1. The molecule has 4 nitrogen and oxygen atoms in total. The zero-order valence-corrected chi connectivity index (χ0v) is 13.0. The topological polar surface area (TPSA) is 40.9 Å². The Balaban J connectivity index is 1.94. The lowest BCUT2D eigenvalue weighted by molar-refractivity contribution is 1.13. The first-order chi connectivity index (χ1) is 10.6. The van der Waals surface area contributed by atoms with Crippen LogP contribution in [-0.4, -0.2) is 19.1 Å². The highest BCUT2D eigenvalue weighted by molar-refractivity contribution is 5.91. The van der Waals surface area contributed by atoms with Crippen LogP contribution in [0.5, 0.6) is 0 Å². The number of rotatable bonds is 3. The monoisotopic (exact) mass is 290 g/mol. The minimum Gasteiger partial charge on any atom is -0.378 e. The average Bonchev–Trinajstić information content (AvgIpc) is 2.55. The smallest absolute Gasteiger partial charge is 0.0951 e. The van der Waals surface area contributed by atoms with E-state index >= 15 is 0 Å². The molecule has 0 saturated carbocycles. The number of aromatic nitrogens is 1. The third-order valence-corrected chi connectivity index (χ3v) is 3.59. The summed E-state index contributed by atoms with van der Waals surface area (Å²) in [6.07, 6.45) is 1.80. The molecule has 0 bridgehead atoms. The van der Waals surface area contributed by atoms with Gasteiger partial charge >= 0.3 is 0 Å². The van der Waals surface area contributed by atoms with Crippen LogP contribution in [0.15, 0.2) is 65.0 Å². The van der Waals surface area contributed by atoms with Gasteiger partial charge in [-0.1, -0.05) is 6.07 Å². The Morgan fingerprint density at radius 2 is 1.68 bits per heavy atom. The number of anilines is 1. The van der Waals surface area contributed by atoms with E-state index in [1.54, 1.807) is 6.20 Å². The normalized spacial score (nSPS) is 11.2. The number of hydrogen-bond acceptors (Lipinski definition) is 4. The molecule has 22 heavy (non-hydrogen) atoms. The van der Waals surface area contributed by atoms with E-state index in [9.17, 15) is 0 Å². The van der Waals surface area contributed by atoms with Gasteiger partial charge in [0, 0.05) is 31.4 Å². The fourth-order valence-electron chi connectivity index (χ4n) is 2.32. The van der Waals surface area contributed by atoms with Gasteiger partial charge in [0.1, 0.15) is 0 Å². The molecule has 0 aliphatic carbocycles. The van der Waals surface area contributed by atoms with Crippen LogP contribution in [-0.2, 0) is 0 Å². The second-order valence-electron chi connectivity index (χ2n) is 5.41. The van der Waals surface area contributed by atoms with Gasteiger partial charge in [-0.25, -0.2) is 0 Å². The van der Waals surface area contributed by atoms with Crippen molar-refractivity contribution in [3.63, 3.8) is 0 Å². The van der Waals surface area contributed by atoms with E-state index in [2.05, 4.69) is 27.0 Å². The van der Waals surface area contributed by atoms with Crippen molar-refractivity contribution in [2.75, 3.05) is 19.0 Å². The van der Waals surface area contributed by atoms with Gasteiger partial charge in [0.05, 0.1) is 16.9 Å². The van der Waals surface area contributed by atoms with Gasteiger partial charge in [0.15, 0.2) is 0 Å². The molecule has 0 atom stereocenters. The van der Waals surface area contributed by atoms with Crippen LogP contribution >= 0.6 is 0 Å². The molecule has 0 N–H and O–H groups in total. The number of azo groups is 1. The van der Waals surface area contributed by atoms with Crippen LogP contribution in [0.2, 0.25) is 0 Å². The molecule has 4 heteroatoms. The minimum atomic E-state index is 0.836. The van der Waals surface area contributed by atoms with E-state index in [1.807, 2.05) is 62.6 Å². The Morgan fingerprint density at radius 1 is 0.909 bits per heavy atom. The fourth-order valence-corrected chi connectivity index (χ4v) is 2.32. The summed E-state index contributed by atoms with van der Waals surface area (Å²) >= 11 is 0. The quantitative estimate of drug-likeness (QED) is 0.635. The van der Waals surface area contributed by atoms with Crippen LogP contribution in [0.25, 0.3) is 10.9 Å². The maximum Gasteiger partial charge on any atom is 0.0951 e. The molecule has 110 valence electrons. The predicted molar refractivity (Wildman–Crippen MR) is 91.4 cm³/mol. The van der Waals surface area contributed by atoms with Crippen molar-refractivity contribution < 1.29 is 0 Å². The first-order valence-corrected chi connectivity index (χ1v) is 7.18. The summed E-state index contributed by atoms with van der Waals surface area (Å²) in [7, 11) is 4.03. The second-order valence-corrected chi connectivity index (χ2v) is 5.41. The number of pyridine rings is 1. The van der Waals surface area contributed by atoms with E-state index in [-0.39, 0.29) is 0 Å².